The Morgan fingerprint density at radius 2 is 1.97 bits per heavy atom. The van der Waals surface area contributed by atoms with Crippen LogP contribution in [0.2, 0.25) is 0 Å². The molecule has 7 heteroatoms. The first-order chi connectivity index (χ1) is 17.9. The number of phenols is 1. The molecule has 1 heterocycles. The Morgan fingerprint density at radius 3 is 2.76 bits per heavy atom. The zero-order valence-corrected chi connectivity index (χ0v) is 21.9. The topological polar surface area (TPSA) is 116 Å². The number of piperidine rings is 1. The van der Waals surface area contributed by atoms with Gasteiger partial charge in [0.2, 0.25) is 0 Å². The second-order valence-electron chi connectivity index (χ2n) is 11.0. The van der Waals surface area contributed by atoms with Crippen molar-refractivity contribution in [1.82, 2.24) is 5.32 Å². The lowest BCUT2D eigenvalue weighted by molar-refractivity contribution is -0.124. The molecule has 202 valence electrons. The number of aromatic hydroxyl groups is 1. The number of phenolic OH excluding ortho intramolecular Hbond substituents is 1. The van der Waals surface area contributed by atoms with Gasteiger partial charge in [-0.1, -0.05) is 24.7 Å². The molecule has 0 spiro atoms. The van der Waals surface area contributed by atoms with Gasteiger partial charge in [0.1, 0.15) is 11.7 Å². The Balaban J connectivity index is 1.33. The minimum absolute atomic E-state index is 0.00816. The van der Waals surface area contributed by atoms with E-state index in [0.717, 1.165) is 49.8 Å². The van der Waals surface area contributed by atoms with Crippen molar-refractivity contribution in [2.24, 2.45) is 17.8 Å². The van der Waals surface area contributed by atoms with Crippen LogP contribution >= 0.6 is 0 Å². The van der Waals surface area contributed by atoms with Crippen molar-refractivity contribution in [3.8, 4) is 23.3 Å². The van der Waals surface area contributed by atoms with Crippen molar-refractivity contribution in [3.63, 3.8) is 0 Å². The van der Waals surface area contributed by atoms with Crippen molar-refractivity contribution in [3.05, 3.63) is 23.3 Å². The molecular weight excluding hydrogens is 470 g/mol. The fourth-order valence-corrected chi connectivity index (χ4v) is 6.35. The molecule has 4 rings (SSSR count). The largest absolute Gasteiger partial charge is 0.504 e. The first-order valence-corrected chi connectivity index (χ1v) is 13.9. The number of fused-ring (bicyclic) bond motifs is 2. The van der Waals surface area contributed by atoms with Crippen LogP contribution in [0, 0.1) is 29.6 Å². The smallest absolute Gasteiger partial charge is 0.160 e. The maximum atomic E-state index is 13.1. The van der Waals surface area contributed by atoms with Gasteiger partial charge < -0.3 is 25.4 Å². The number of aliphatic hydroxyl groups excluding tert-OH is 2. The molecule has 1 aromatic rings. The molecule has 2 fully saturated rings. The molecule has 1 saturated heterocycles. The van der Waals surface area contributed by atoms with E-state index in [1.165, 1.54) is 13.5 Å². The van der Waals surface area contributed by atoms with Gasteiger partial charge in [-0.15, -0.1) is 0 Å². The van der Waals surface area contributed by atoms with Crippen molar-refractivity contribution >= 4 is 11.6 Å². The van der Waals surface area contributed by atoms with E-state index in [2.05, 4.69) is 17.2 Å². The van der Waals surface area contributed by atoms with E-state index >= 15 is 0 Å². The fraction of sp³-hybridized carbons (Fsp3) is 0.667. The number of hydrogen-bond donors (Lipinski definition) is 4. The first-order valence-electron chi connectivity index (χ1n) is 13.9. The van der Waals surface area contributed by atoms with Crippen LogP contribution in [0.5, 0.6) is 11.5 Å². The third-order valence-corrected chi connectivity index (χ3v) is 8.50. The second-order valence-corrected chi connectivity index (χ2v) is 11.0. The highest BCUT2D eigenvalue weighted by Gasteiger charge is 2.34. The molecule has 2 aliphatic carbocycles. The van der Waals surface area contributed by atoms with Crippen LogP contribution in [-0.4, -0.2) is 59.3 Å². The number of benzene rings is 1. The highest BCUT2D eigenvalue weighted by Crippen LogP contribution is 2.36. The van der Waals surface area contributed by atoms with E-state index < -0.39 is 12.0 Å². The summed E-state index contributed by atoms with van der Waals surface area (Å²) in [6.07, 6.45) is 7.28. The van der Waals surface area contributed by atoms with Crippen LogP contribution in [0.1, 0.15) is 81.3 Å². The Kier molecular flexibility index (Phi) is 9.64. The molecule has 3 aliphatic rings. The molecule has 7 nitrogen and oxygen atoms in total. The standard InChI is InChI=1S/C30H41NO6/c1-37-30-15-21-8-11-28(35)24(10-7-20(12-13-32)25(21)17-29(30)36)27(34)5-3-2-4-19-14-22-6-9-23(33)16-26(22)31-18-19/h15,17,19-20,22,24,26-27,31-32,34,36H,2-6,8-9,11-14,16,18H2,1H3/t19-,20+,22+,24-,26-,27-/m1/s1. The summed E-state index contributed by atoms with van der Waals surface area (Å²) in [7, 11) is 1.48. The maximum absolute atomic E-state index is 13.1. The number of aryl methyl sites for hydroxylation is 1. The van der Waals surface area contributed by atoms with Gasteiger partial charge in [0.15, 0.2) is 17.3 Å². The Morgan fingerprint density at radius 1 is 1.14 bits per heavy atom. The number of ketones is 2. The second kappa shape index (κ2) is 12.9. The number of carbonyl (C=O) groups excluding carboxylic acids is 2. The molecule has 0 amide bonds. The number of Topliss-reactive ketones (excluding diaryl/α,β-unsaturated/α-hetero) is 2. The van der Waals surface area contributed by atoms with E-state index in [-0.39, 0.29) is 30.5 Å². The molecule has 0 aromatic heterocycles. The summed E-state index contributed by atoms with van der Waals surface area (Å²) in [5.41, 5.74) is 1.67. The van der Waals surface area contributed by atoms with Crippen LogP contribution in [0.25, 0.3) is 0 Å². The average Bonchev–Trinajstić information content (AvgIpc) is 2.95. The van der Waals surface area contributed by atoms with Crippen LogP contribution in [0.4, 0.5) is 0 Å². The molecule has 0 radical (unpaired) electrons. The fourth-order valence-electron chi connectivity index (χ4n) is 6.35. The Labute approximate surface area is 220 Å². The van der Waals surface area contributed by atoms with Gasteiger partial charge in [-0.05, 0) is 80.2 Å². The zero-order chi connectivity index (χ0) is 26.4. The lowest BCUT2D eigenvalue weighted by atomic mass is 9.74. The number of aliphatic hydroxyl groups is 2. The van der Waals surface area contributed by atoms with Gasteiger partial charge in [0.05, 0.1) is 13.2 Å². The normalized spacial score (nSPS) is 28.6. The summed E-state index contributed by atoms with van der Waals surface area (Å²) >= 11 is 0. The zero-order valence-electron chi connectivity index (χ0n) is 21.9. The molecule has 6 atom stereocenters. The summed E-state index contributed by atoms with van der Waals surface area (Å²) in [6, 6.07) is 3.73. The van der Waals surface area contributed by atoms with Crippen LogP contribution in [0.15, 0.2) is 12.1 Å². The van der Waals surface area contributed by atoms with E-state index in [4.69, 9.17) is 4.74 Å². The van der Waals surface area contributed by atoms with Crippen molar-refractivity contribution in [1.29, 1.82) is 0 Å². The maximum Gasteiger partial charge on any atom is 0.160 e. The lowest BCUT2D eigenvalue weighted by Crippen LogP contribution is -2.48. The number of methoxy groups -OCH3 is 1. The summed E-state index contributed by atoms with van der Waals surface area (Å²) < 4.78 is 5.25. The first kappa shape index (κ1) is 27.6. The molecular formula is C30H41NO6. The molecule has 1 aliphatic heterocycles. The molecule has 0 unspecified atom stereocenters. The predicted molar refractivity (Wildman–Crippen MR) is 140 cm³/mol. The van der Waals surface area contributed by atoms with Gasteiger partial charge in [0, 0.05) is 37.8 Å². The van der Waals surface area contributed by atoms with Crippen LogP contribution in [-0.2, 0) is 16.0 Å². The highest BCUT2D eigenvalue weighted by molar-refractivity contribution is 5.85. The predicted octanol–water partition coefficient (Wildman–Crippen LogP) is 3.27. The molecule has 0 bridgehead atoms. The number of nitrogens with one attached hydrogen (secondary N) is 1. The van der Waals surface area contributed by atoms with Gasteiger partial charge in [-0.25, -0.2) is 0 Å². The molecule has 37 heavy (non-hydrogen) atoms. The molecule has 1 aromatic carbocycles. The number of unbranched alkanes of at least 4 members (excludes halogenated alkanes) is 1. The van der Waals surface area contributed by atoms with Gasteiger partial charge >= 0.3 is 0 Å². The van der Waals surface area contributed by atoms with Gasteiger partial charge in [-0.2, -0.15) is 0 Å². The van der Waals surface area contributed by atoms with Crippen molar-refractivity contribution < 1.29 is 29.6 Å². The van der Waals surface area contributed by atoms with Crippen molar-refractivity contribution in [2.75, 3.05) is 20.3 Å². The van der Waals surface area contributed by atoms with E-state index in [1.807, 2.05) is 0 Å². The summed E-state index contributed by atoms with van der Waals surface area (Å²) in [6.45, 7) is 0.886. The van der Waals surface area contributed by atoms with E-state index in [1.54, 1.807) is 12.1 Å². The Bertz CT molecular complexity index is 1030. The van der Waals surface area contributed by atoms with E-state index in [0.29, 0.717) is 55.1 Å². The van der Waals surface area contributed by atoms with Gasteiger partial charge in [-0.3, -0.25) is 9.59 Å². The molecule has 1 saturated carbocycles. The monoisotopic (exact) mass is 511 g/mol. The summed E-state index contributed by atoms with van der Waals surface area (Å²) in [4.78, 5) is 24.8. The quantitative estimate of drug-likeness (QED) is 0.297. The van der Waals surface area contributed by atoms with Crippen LogP contribution < -0.4 is 10.1 Å². The minimum atomic E-state index is -0.822. The number of ether oxygens (including phenoxy) is 1. The van der Waals surface area contributed by atoms with Gasteiger partial charge in [0.25, 0.3) is 0 Å². The average molecular weight is 512 g/mol. The highest BCUT2D eigenvalue weighted by atomic mass is 16.5. The number of carbonyl (C=O) groups is 2. The lowest BCUT2D eigenvalue weighted by Gasteiger charge is -2.39. The summed E-state index contributed by atoms with van der Waals surface area (Å²) in [5, 5.41) is 34.4. The van der Waals surface area contributed by atoms with E-state index in [9.17, 15) is 24.9 Å². The van der Waals surface area contributed by atoms with Crippen molar-refractivity contribution in [2.45, 2.75) is 88.7 Å². The van der Waals surface area contributed by atoms with Crippen LogP contribution in [0.3, 0.4) is 0 Å². The number of hydrogen-bond acceptors (Lipinski definition) is 7. The Hall–Kier alpha value is -2.40. The summed E-state index contributed by atoms with van der Waals surface area (Å²) in [5.74, 6) is 6.97. The molecule has 4 N–H and O–H groups in total. The minimum Gasteiger partial charge on any atom is -0.504 e. The third-order valence-electron chi connectivity index (χ3n) is 8.50. The number of rotatable bonds is 9. The SMILES string of the molecule is COc1cc2c(cc1O)[C@H](CCO)C#C[C@H]([C@H](O)CCCC[C@H]1CN[C@@H]3CC(=O)CC[C@H]3C1)C(=O)CC2. The third kappa shape index (κ3) is 6.93.